The fraction of sp³-hybridized carbons (Fsp3) is 0.583. The van der Waals surface area contributed by atoms with Gasteiger partial charge in [0.2, 0.25) is 0 Å². The molecule has 1 rings (SSSR count). The smallest absolute Gasteiger partial charge is 0.142 e. The molecular formula is C12H18O. The van der Waals surface area contributed by atoms with E-state index in [1.807, 2.05) is 6.08 Å². The quantitative estimate of drug-likeness (QED) is 0.368. The lowest BCUT2D eigenvalue weighted by atomic mass is 9.79. The van der Waals surface area contributed by atoms with E-state index >= 15 is 0 Å². The second kappa shape index (κ2) is 4.40. The zero-order valence-corrected chi connectivity index (χ0v) is 8.55. The van der Waals surface area contributed by atoms with Gasteiger partial charge in [0.25, 0.3) is 0 Å². The van der Waals surface area contributed by atoms with E-state index in [9.17, 15) is 4.79 Å². The molecule has 1 heteroatoms. The summed E-state index contributed by atoms with van der Waals surface area (Å²) in [4.78, 5) is 10.1. The molecule has 0 aromatic rings. The molecule has 1 nitrogen and oxygen atoms in total. The summed E-state index contributed by atoms with van der Waals surface area (Å²) in [7, 11) is 0. The first-order chi connectivity index (χ1) is 6.14. The molecule has 0 saturated heterocycles. The fourth-order valence-corrected chi connectivity index (χ4v) is 1.90. The van der Waals surface area contributed by atoms with Gasteiger partial charge < -0.3 is 0 Å². The zero-order chi connectivity index (χ0) is 9.73. The van der Waals surface area contributed by atoms with Crippen molar-refractivity contribution in [2.45, 2.75) is 39.5 Å². The first-order valence-corrected chi connectivity index (χ1v) is 4.95. The van der Waals surface area contributed by atoms with Crippen molar-refractivity contribution >= 4 is 6.29 Å². The van der Waals surface area contributed by atoms with Crippen molar-refractivity contribution in [1.82, 2.24) is 0 Å². The summed E-state index contributed by atoms with van der Waals surface area (Å²) in [6.45, 7) is 4.55. The van der Waals surface area contributed by atoms with Crippen LogP contribution in [-0.2, 0) is 4.79 Å². The number of carbonyl (C=O) groups is 1. The average Bonchev–Trinajstić information content (AvgIpc) is 2.03. The lowest BCUT2D eigenvalue weighted by Gasteiger charge is -2.27. The molecule has 0 saturated carbocycles. The number of allylic oxidation sites excluding steroid dienone is 4. The molecule has 0 aliphatic heterocycles. The van der Waals surface area contributed by atoms with Gasteiger partial charge in [-0.2, -0.15) is 0 Å². The first kappa shape index (κ1) is 10.2. The summed E-state index contributed by atoms with van der Waals surface area (Å²) in [6, 6.07) is 0. The van der Waals surface area contributed by atoms with Gasteiger partial charge in [-0.1, -0.05) is 31.6 Å². The molecule has 0 N–H and O–H groups in total. The summed E-state index contributed by atoms with van der Waals surface area (Å²) >= 11 is 0. The third-order valence-corrected chi connectivity index (χ3v) is 2.51. The Kier molecular flexibility index (Phi) is 3.47. The van der Waals surface area contributed by atoms with E-state index in [2.05, 4.69) is 19.9 Å². The van der Waals surface area contributed by atoms with E-state index in [0.717, 1.165) is 12.7 Å². The van der Waals surface area contributed by atoms with E-state index in [1.165, 1.54) is 24.8 Å². The highest BCUT2D eigenvalue weighted by Crippen LogP contribution is 2.34. The minimum Gasteiger partial charge on any atom is -0.299 e. The normalized spacial score (nSPS) is 21.5. The minimum atomic E-state index is 0.364. The van der Waals surface area contributed by atoms with E-state index in [4.69, 9.17) is 0 Å². The number of carbonyl (C=O) groups excluding carboxylic acids is 1. The van der Waals surface area contributed by atoms with E-state index in [-0.39, 0.29) is 0 Å². The molecule has 0 fully saturated rings. The van der Waals surface area contributed by atoms with Crippen LogP contribution in [-0.4, -0.2) is 6.29 Å². The third-order valence-electron chi connectivity index (χ3n) is 2.51. The Hall–Kier alpha value is -0.850. The average molecular weight is 178 g/mol. The second-order valence-corrected chi connectivity index (χ2v) is 4.41. The van der Waals surface area contributed by atoms with Crippen LogP contribution in [0.15, 0.2) is 23.8 Å². The predicted octanol–water partition coefficient (Wildman–Crippen LogP) is 3.27. The molecule has 0 amide bonds. The van der Waals surface area contributed by atoms with Gasteiger partial charge in [-0.25, -0.2) is 0 Å². The van der Waals surface area contributed by atoms with Gasteiger partial charge in [-0.05, 0) is 37.2 Å². The molecule has 0 aromatic carbocycles. The Labute approximate surface area is 80.5 Å². The molecule has 0 bridgehead atoms. The molecule has 0 unspecified atom stereocenters. The minimum absolute atomic E-state index is 0.364. The van der Waals surface area contributed by atoms with Crippen molar-refractivity contribution in [3.8, 4) is 0 Å². The van der Waals surface area contributed by atoms with Gasteiger partial charge in [0.15, 0.2) is 0 Å². The highest BCUT2D eigenvalue weighted by molar-refractivity contribution is 5.64. The topological polar surface area (TPSA) is 17.1 Å². The van der Waals surface area contributed by atoms with Crippen molar-refractivity contribution in [3.05, 3.63) is 23.8 Å². The SMILES string of the molecule is CC1(C)C=C(C/C=C/C=O)CCC1. The summed E-state index contributed by atoms with van der Waals surface area (Å²) in [6.07, 6.45) is 11.5. The third kappa shape index (κ3) is 3.58. The lowest BCUT2D eigenvalue weighted by molar-refractivity contribution is -0.104. The summed E-state index contributed by atoms with van der Waals surface area (Å²) in [5.74, 6) is 0. The first-order valence-electron chi connectivity index (χ1n) is 4.95. The van der Waals surface area contributed by atoms with E-state index in [1.54, 1.807) is 6.08 Å². The second-order valence-electron chi connectivity index (χ2n) is 4.41. The van der Waals surface area contributed by atoms with Crippen molar-refractivity contribution < 1.29 is 4.79 Å². The highest BCUT2D eigenvalue weighted by Gasteiger charge is 2.19. The van der Waals surface area contributed by atoms with Crippen LogP contribution in [0.1, 0.15) is 39.5 Å². The predicted molar refractivity (Wildman–Crippen MR) is 55.5 cm³/mol. The standard InChI is InChI=1S/C12H18O/c1-12(2)8-5-7-11(10-12)6-3-4-9-13/h3-4,9-10H,5-8H2,1-2H3/b4-3+. The lowest BCUT2D eigenvalue weighted by Crippen LogP contribution is -2.12. The van der Waals surface area contributed by atoms with Crippen molar-refractivity contribution in [3.63, 3.8) is 0 Å². The molecule has 1 aliphatic carbocycles. The molecule has 13 heavy (non-hydrogen) atoms. The van der Waals surface area contributed by atoms with Crippen molar-refractivity contribution in [1.29, 1.82) is 0 Å². The molecule has 1 aliphatic rings. The Bertz CT molecular complexity index is 234. The maximum atomic E-state index is 10.1. The van der Waals surface area contributed by atoms with Crippen molar-refractivity contribution in [2.24, 2.45) is 5.41 Å². The van der Waals surface area contributed by atoms with Crippen LogP contribution < -0.4 is 0 Å². The number of hydrogen-bond acceptors (Lipinski definition) is 1. The van der Waals surface area contributed by atoms with Crippen LogP contribution in [0.3, 0.4) is 0 Å². The van der Waals surface area contributed by atoms with Gasteiger partial charge >= 0.3 is 0 Å². The maximum Gasteiger partial charge on any atom is 0.142 e. The van der Waals surface area contributed by atoms with Crippen LogP contribution in [0.2, 0.25) is 0 Å². The van der Waals surface area contributed by atoms with Crippen LogP contribution in [0.25, 0.3) is 0 Å². The van der Waals surface area contributed by atoms with Gasteiger partial charge in [-0.15, -0.1) is 0 Å². The Balaban J connectivity index is 2.54. The van der Waals surface area contributed by atoms with Crippen LogP contribution in [0, 0.1) is 5.41 Å². The molecule has 0 heterocycles. The highest BCUT2D eigenvalue weighted by atomic mass is 16.1. The molecule has 0 spiro atoms. The monoisotopic (exact) mass is 178 g/mol. The number of aldehydes is 1. The number of hydrogen-bond donors (Lipinski definition) is 0. The summed E-state index contributed by atoms with van der Waals surface area (Å²) in [5.41, 5.74) is 1.84. The zero-order valence-electron chi connectivity index (χ0n) is 8.55. The molecular weight excluding hydrogens is 160 g/mol. The van der Waals surface area contributed by atoms with Gasteiger partial charge in [0, 0.05) is 0 Å². The van der Waals surface area contributed by atoms with Gasteiger partial charge in [-0.3, -0.25) is 4.79 Å². The molecule has 72 valence electrons. The maximum absolute atomic E-state index is 10.1. The summed E-state index contributed by atoms with van der Waals surface area (Å²) in [5, 5.41) is 0. The van der Waals surface area contributed by atoms with Gasteiger partial charge in [0.05, 0.1) is 0 Å². The Morgan fingerprint density at radius 3 is 2.92 bits per heavy atom. The van der Waals surface area contributed by atoms with E-state index in [0.29, 0.717) is 5.41 Å². The van der Waals surface area contributed by atoms with Crippen LogP contribution >= 0.6 is 0 Å². The van der Waals surface area contributed by atoms with Crippen LogP contribution in [0.4, 0.5) is 0 Å². The summed E-state index contributed by atoms with van der Waals surface area (Å²) < 4.78 is 0. The molecule has 0 atom stereocenters. The number of rotatable bonds is 3. The molecule has 0 aromatic heterocycles. The largest absolute Gasteiger partial charge is 0.299 e. The van der Waals surface area contributed by atoms with Gasteiger partial charge in [0.1, 0.15) is 6.29 Å². The van der Waals surface area contributed by atoms with E-state index < -0.39 is 0 Å². The van der Waals surface area contributed by atoms with Crippen molar-refractivity contribution in [2.75, 3.05) is 0 Å². The molecule has 0 radical (unpaired) electrons. The Morgan fingerprint density at radius 2 is 2.31 bits per heavy atom. The van der Waals surface area contributed by atoms with Crippen LogP contribution in [0.5, 0.6) is 0 Å². The Morgan fingerprint density at radius 1 is 1.54 bits per heavy atom. The fourth-order valence-electron chi connectivity index (χ4n) is 1.90.